The van der Waals surface area contributed by atoms with Crippen molar-refractivity contribution in [1.82, 2.24) is 10.2 Å². The summed E-state index contributed by atoms with van der Waals surface area (Å²) in [6, 6.07) is 17.8. The van der Waals surface area contributed by atoms with Crippen LogP contribution in [0.25, 0.3) is 11.3 Å². The van der Waals surface area contributed by atoms with E-state index in [1.54, 1.807) is 0 Å². The Hall–Kier alpha value is -3.41. The standard InChI is InChI=1S/C28H34N4O2/c1-20(2)24-12-11-21(3)17-26(24)34-19-28(33)29-23-10-8-9-22(18-23)25-13-14-27(31-30-25)32-15-6-4-5-7-16-32/h8-14,17-18,20H,4-7,15-16,19H2,1-3H3,(H,29,33). The van der Waals surface area contributed by atoms with Gasteiger partial charge in [0.05, 0.1) is 5.69 Å². The lowest BCUT2D eigenvalue weighted by atomic mass is 10.0. The Bertz CT molecular complexity index is 1100. The Kier molecular flexibility index (Phi) is 7.78. The number of nitrogens with one attached hydrogen (secondary N) is 1. The Morgan fingerprint density at radius 2 is 1.79 bits per heavy atom. The van der Waals surface area contributed by atoms with Crippen LogP contribution >= 0.6 is 0 Å². The van der Waals surface area contributed by atoms with E-state index in [9.17, 15) is 4.79 Å². The van der Waals surface area contributed by atoms with Crippen LogP contribution in [-0.2, 0) is 4.79 Å². The maximum absolute atomic E-state index is 12.6. The average Bonchev–Trinajstić information content (AvgIpc) is 3.13. The molecule has 0 bridgehead atoms. The fourth-order valence-electron chi connectivity index (χ4n) is 4.29. The van der Waals surface area contributed by atoms with Crippen molar-refractivity contribution in [1.29, 1.82) is 0 Å². The monoisotopic (exact) mass is 458 g/mol. The van der Waals surface area contributed by atoms with Crippen molar-refractivity contribution in [3.63, 3.8) is 0 Å². The van der Waals surface area contributed by atoms with Crippen LogP contribution < -0.4 is 15.0 Å². The number of hydrogen-bond acceptors (Lipinski definition) is 5. The first-order valence-corrected chi connectivity index (χ1v) is 12.2. The maximum Gasteiger partial charge on any atom is 0.262 e. The summed E-state index contributed by atoms with van der Waals surface area (Å²) in [5, 5.41) is 11.9. The van der Waals surface area contributed by atoms with Gasteiger partial charge in [0.1, 0.15) is 5.75 Å². The molecule has 178 valence electrons. The zero-order valence-electron chi connectivity index (χ0n) is 20.4. The quantitative estimate of drug-likeness (QED) is 0.472. The fourth-order valence-corrected chi connectivity index (χ4v) is 4.29. The molecule has 1 aliphatic rings. The Morgan fingerprint density at radius 3 is 2.50 bits per heavy atom. The number of carbonyl (C=O) groups excluding carboxylic acids is 1. The first-order chi connectivity index (χ1) is 16.5. The molecule has 3 aromatic rings. The van der Waals surface area contributed by atoms with Crippen molar-refractivity contribution < 1.29 is 9.53 Å². The van der Waals surface area contributed by atoms with Crippen LogP contribution in [0.2, 0.25) is 0 Å². The summed E-state index contributed by atoms with van der Waals surface area (Å²) in [6.45, 7) is 8.29. The number of aryl methyl sites for hydroxylation is 1. The molecule has 1 aliphatic heterocycles. The predicted octanol–water partition coefficient (Wildman–Crippen LogP) is 5.97. The summed E-state index contributed by atoms with van der Waals surface area (Å²) in [5.74, 6) is 1.82. The van der Waals surface area contributed by atoms with E-state index in [0.29, 0.717) is 11.6 Å². The van der Waals surface area contributed by atoms with Crippen molar-refractivity contribution in [3.8, 4) is 17.0 Å². The Labute approximate surface area is 202 Å². The third kappa shape index (κ3) is 6.13. The largest absolute Gasteiger partial charge is 0.483 e. The van der Waals surface area contributed by atoms with E-state index in [-0.39, 0.29) is 12.5 Å². The number of hydrogen-bond donors (Lipinski definition) is 1. The summed E-state index contributed by atoms with van der Waals surface area (Å²) in [6.07, 6.45) is 4.99. The number of ether oxygens (including phenoxy) is 1. The van der Waals surface area contributed by atoms with Crippen LogP contribution in [0.5, 0.6) is 5.75 Å². The zero-order valence-corrected chi connectivity index (χ0v) is 20.4. The number of rotatable bonds is 7. The first-order valence-electron chi connectivity index (χ1n) is 12.2. The minimum Gasteiger partial charge on any atom is -0.483 e. The highest BCUT2D eigenvalue weighted by molar-refractivity contribution is 5.92. The van der Waals surface area contributed by atoms with Crippen LogP contribution in [0.15, 0.2) is 54.6 Å². The SMILES string of the molecule is Cc1ccc(C(C)C)c(OCC(=O)Nc2cccc(-c3ccc(N4CCCCCC4)nn3)c2)c1. The molecule has 0 spiro atoms. The van der Waals surface area contributed by atoms with Gasteiger partial charge in [0.15, 0.2) is 12.4 Å². The van der Waals surface area contributed by atoms with Gasteiger partial charge in [-0.15, -0.1) is 10.2 Å². The number of carbonyl (C=O) groups is 1. The molecule has 0 radical (unpaired) electrons. The van der Waals surface area contributed by atoms with Gasteiger partial charge in [0.2, 0.25) is 0 Å². The normalized spacial score (nSPS) is 14.1. The second kappa shape index (κ2) is 11.1. The van der Waals surface area contributed by atoms with Crippen LogP contribution in [0.4, 0.5) is 11.5 Å². The molecule has 6 nitrogen and oxygen atoms in total. The van der Waals surface area contributed by atoms with Gasteiger partial charge < -0.3 is 15.0 Å². The molecule has 0 atom stereocenters. The minimum absolute atomic E-state index is 0.0439. The topological polar surface area (TPSA) is 67.3 Å². The van der Waals surface area contributed by atoms with Gasteiger partial charge in [-0.2, -0.15) is 0 Å². The minimum atomic E-state index is -0.198. The molecule has 1 saturated heterocycles. The van der Waals surface area contributed by atoms with Crippen molar-refractivity contribution in [2.45, 2.75) is 52.4 Å². The van der Waals surface area contributed by atoms with Gasteiger partial charge in [-0.05, 0) is 67.1 Å². The fraction of sp³-hybridized carbons (Fsp3) is 0.393. The highest BCUT2D eigenvalue weighted by Gasteiger charge is 2.13. The molecule has 1 amide bonds. The van der Waals surface area contributed by atoms with E-state index in [4.69, 9.17) is 4.74 Å². The van der Waals surface area contributed by atoms with Gasteiger partial charge in [0, 0.05) is 24.3 Å². The number of aromatic nitrogens is 2. The van der Waals surface area contributed by atoms with Gasteiger partial charge in [0.25, 0.3) is 5.91 Å². The van der Waals surface area contributed by atoms with Crippen molar-refractivity contribution in [3.05, 3.63) is 65.7 Å². The molecule has 1 aromatic heterocycles. The molecule has 6 heteroatoms. The molecule has 2 heterocycles. The summed E-state index contributed by atoms with van der Waals surface area (Å²) in [7, 11) is 0. The summed E-state index contributed by atoms with van der Waals surface area (Å²) >= 11 is 0. The van der Waals surface area contributed by atoms with E-state index in [2.05, 4.69) is 46.4 Å². The third-order valence-electron chi connectivity index (χ3n) is 6.17. The highest BCUT2D eigenvalue weighted by Crippen LogP contribution is 2.28. The predicted molar refractivity (Wildman–Crippen MR) is 138 cm³/mol. The van der Waals surface area contributed by atoms with Gasteiger partial charge in [-0.25, -0.2) is 0 Å². The second-order valence-electron chi connectivity index (χ2n) is 9.29. The van der Waals surface area contributed by atoms with E-state index in [0.717, 1.165) is 47.0 Å². The molecule has 1 N–H and O–H groups in total. The molecule has 4 rings (SSSR count). The number of anilines is 2. The lowest BCUT2D eigenvalue weighted by Gasteiger charge is -2.20. The number of nitrogens with zero attached hydrogens (tertiary/aromatic N) is 3. The summed E-state index contributed by atoms with van der Waals surface area (Å²) in [5.41, 5.74) is 4.61. The molecular formula is C28H34N4O2. The van der Waals surface area contributed by atoms with Crippen LogP contribution in [0, 0.1) is 6.92 Å². The molecule has 0 unspecified atom stereocenters. The first kappa shape index (κ1) is 23.7. The lowest BCUT2D eigenvalue weighted by Crippen LogP contribution is -2.25. The van der Waals surface area contributed by atoms with E-state index in [1.807, 2.05) is 49.4 Å². The Balaban J connectivity index is 1.39. The molecule has 34 heavy (non-hydrogen) atoms. The highest BCUT2D eigenvalue weighted by atomic mass is 16.5. The third-order valence-corrected chi connectivity index (χ3v) is 6.17. The zero-order chi connectivity index (χ0) is 23.9. The average molecular weight is 459 g/mol. The van der Waals surface area contributed by atoms with Gasteiger partial charge in [-0.1, -0.05) is 51.0 Å². The molecule has 0 saturated carbocycles. The summed E-state index contributed by atoms with van der Waals surface area (Å²) in [4.78, 5) is 14.9. The molecule has 1 fully saturated rings. The van der Waals surface area contributed by atoms with E-state index in [1.165, 1.54) is 25.7 Å². The molecular weight excluding hydrogens is 424 g/mol. The van der Waals surface area contributed by atoms with E-state index < -0.39 is 0 Å². The molecule has 0 aliphatic carbocycles. The van der Waals surface area contributed by atoms with Gasteiger partial charge >= 0.3 is 0 Å². The second-order valence-corrected chi connectivity index (χ2v) is 9.29. The summed E-state index contributed by atoms with van der Waals surface area (Å²) < 4.78 is 5.87. The van der Waals surface area contributed by atoms with Crippen LogP contribution in [-0.4, -0.2) is 35.8 Å². The Morgan fingerprint density at radius 1 is 1.00 bits per heavy atom. The smallest absolute Gasteiger partial charge is 0.262 e. The molecule has 2 aromatic carbocycles. The van der Waals surface area contributed by atoms with Crippen LogP contribution in [0.3, 0.4) is 0 Å². The lowest BCUT2D eigenvalue weighted by molar-refractivity contribution is -0.118. The van der Waals surface area contributed by atoms with Gasteiger partial charge in [-0.3, -0.25) is 4.79 Å². The van der Waals surface area contributed by atoms with Crippen molar-refractivity contribution in [2.24, 2.45) is 0 Å². The maximum atomic E-state index is 12.6. The van der Waals surface area contributed by atoms with Crippen molar-refractivity contribution in [2.75, 3.05) is 29.9 Å². The number of benzene rings is 2. The number of amides is 1. The van der Waals surface area contributed by atoms with Crippen molar-refractivity contribution >= 4 is 17.4 Å². The van der Waals surface area contributed by atoms with E-state index >= 15 is 0 Å². The van der Waals surface area contributed by atoms with Crippen LogP contribution in [0.1, 0.15) is 56.6 Å².